The zero-order chi connectivity index (χ0) is 19.3. The summed E-state index contributed by atoms with van der Waals surface area (Å²) < 4.78 is 27.6. The van der Waals surface area contributed by atoms with Gasteiger partial charge in [-0.2, -0.15) is 4.31 Å². The number of nitrogens with zero attached hydrogens (tertiary/aromatic N) is 1. The van der Waals surface area contributed by atoms with Gasteiger partial charge in [-0.1, -0.05) is 54.4 Å². The van der Waals surface area contributed by atoms with Crippen molar-refractivity contribution in [2.24, 2.45) is 0 Å². The number of benzene rings is 2. The van der Waals surface area contributed by atoms with Gasteiger partial charge in [0.15, 0.2) is 0 Å². The van der Waals surface area contributed by atoms with Crippen LogP contribution in [0, 0.1) is 6.92 Å². The number of sulfonamides is 1. The smallest absolute Gasteiger partial charge is 0.243 e. The summed E-state index contributed by atoms with van der Waals surface area (Å²) in [6.45, 7) is 2.85. The molecule has 27 heavy (non-hydrogen) atoms. The second-order valence-electron chi connectivity index (χ2n) is 7.04. The van der Waals surface area contributed by atoms with Crippen molar-refractivity contribution in [3.05, 3.63) is 65.7 Å². The van der Waals surface area contributed by atoms with Crippen LogP contribution in [0.15, 0.2) is 59.5 Å². The van der Waals surface area contributed by atoms with Crippen molar-refractivity contribution in [2.75, 3.05) is 6.54 Å². The van der Waals surface area contributed by atoms with Gasteiger partial charge in [-0.15, -0.1) is 0 Å². The van der Waals surface area contributed by atoms with E-state index in [2.05, 4.69) is 5.32 Å². The number of amides is 1. The van der Waals surface area contributed by atoms with Crippen molar-refractivity contribution in [1.29, 1.82) is 0 Å². The van der Waals surface area contributed by atoms with Gasteiger partial charge in [0.2, 0.25) is 15.9 Å². The minimum absolute atomic E-state index is 0.116. The maximum Gasteiger partial charge on any atom is 0.243 e. The average Bonchev–Trinajstić information content (AvgIpc) is 2.68. The van der Waals surface area contributed by atoms with Crippen LogP contribution < -0.4 is 5.32 Å². The van der Waals surface area contributed by atoms with Gasteiger partial charge in [-0.05, 0) is 37.5 Å². The number of piperidine rings is 1. The molecular weight excluding hydrogens is 360 g/mol. The summed E-state index contributed by atoms with van der Waals surface area (Å²) in [6.07, 6.45) is 2.67. The molecule has 2 aromatic rings. The Labute approximate surface area is 161 Å². The molecule has 144 valence electrons. The topological polar surface area (TPSA) is 66.5 Å². The van der Waals surface area contributed by atoms with E-state index in [9.17, 15) is 13.2 Å². The van der Waals surface area contributed by atoms with E-state index >= 15 is 0 Å². The molecule has 1 atom stereocenters. The molecule has 1 heterocycles. The maximum atomic E-state index is 13.1. The number of aryl methyl sites for hydroxylation is 1. The third-order valence-corrected chi connectivity index (χ3v) is 6.92. The second-order valence-corrected chi connectivity index (χ2v) is 8.94. The molecule has 1 amide bonds. The Kier molecular flexibility index (Phi) is 6.29. The van der Waals surface area contributed by atoms with Gasteiger partial charge in [-0.25, -0.2) is 8.42 Å². The molecule has 0 aliphatic carbocycles. The lowest BCUT2D eigenvalue weighted by atomic mass is 10.0. The Balaban J connectivity index is 1.67. The lowest BCUT2D eigenvalue weighted by molar-refractivity contribution is -0.122. The molecule has 1 fully saturated rings. The molecule has 0 aromatic heterocycles. The molecule has 0 saturated carbocycles. The van der Waals surface area contributed by atoms with Gasteiger partial charge in [0, 0.05) is 25.6 Å². The number of nitrogens with one attached hydrogen (secondary N) is 1. The highest BCUT2D eigenvalue weighted by molar-refractivity contribution is 7.89. The first-order chi connectivity index (χ1) is 13.0. The lowest BCUT2D eigenvalue weighted by Crippen LogP contribution is -2.45. The molecule has 0 spiro atoms. The van der Waals surface area contributed by atoms with Crippen molar-refractivity contribution in [2.45, 2.75) is 50.1 Å². The Bertz CT molecular complexity index is 864. The van der Waals surface area contributed by atoms with Crippen LogP contribution >= 0.6 is 0 Å². The van der Waals surface area contributed by atoms with E-state index in [-0.39, 0.29) is 18.4 Å². The highest BCUT2D eigenvalue weighted by Gasteiger charge is 2.34. The van der Waals surface area contributed by atoms with Crippen LogP contribution in [-0.2, 0) is 21.4 Å². The molecule has 2 aromatic carbocycles. The second kappa shape index (κ2) is 8.67. The van der Waals surface area contributed by atoms with E-state index in [0.717, 1.165) is 24.0 Å². The van der Waals surface area contributed by atoms with E-state index < -0.39 is 10.0 Å². The Hall–Kier alpha value is -2.18. The van der Waals surface area contributed by atoms with Crippen molar-refractivity contribution in [3.8, 4) is 0 Å². The van der Waals surface area contributed by atoms with Crippen LogP contribution in [0.25, 0.3) is 0 Å². The normalized spacial score (nSPS) is 18.2. The molecular formula is C21H26N2O3S. The van der Waals surface area contributed by atoms with E-state index in [4.69, 9.17) is 0 Å². The quantitative estimate of drug-likeness (QED) is 0.829. The number of rotatable bonds is 6. The third-order valence-electron chi connectivity index (χ3n) is 4.95. The number of carbonyl (C=O) groups is 1. The number of hydrogen-bond donors (Lipinski definition) is 1. The average molecular weight is 387 g/mol. The first-order valence-electron chi connectivity index (χ1n) is 9.36. The van der Waals surface area contributed by atoms with Crippen molar-refractivity contribution < 1.29 is 13.2 Å². The summed E-state index contributed by atoms with van der Waals surface area (Å²) in [5, 5.41) is 2.91. The molecule has 1 aliphatic rings. The van der Waals surface area contributed by atoms with E-state index in [0.29, 0.717) is 24.4 Å². The molecule has 1 N–H and O–H groups in total. The van der Waals surface area contributed by atoms with Crippen LogP contribution in [-0.4, -0.2) is 31.2 Å². The summed E-state index contributed by atoms with van der Waals surface area (Å²) in [6, 6.07) is 16.3. The van der Waals surface area contributed by atoms with Crippen LogP contribution in [0.4, 0.5) is 0 Å². The minimum Gasteiger partial charge on any atom is -0.352 e. The maximum absolute atomic E-state index is 13.1. The van der Waals surface area contributed by atoms with Crippen LogP contribution in [0.5, 0.6) is 0 Å². The fourth-order valence-electron chi connectivity index (χ4n) is 3.42. The third kappa shape index (κ3) is 4.96. The van der Waals surface area contributed by atoms with Gasteiger partial charge < -0.3 is 5.32 Å². The Morgan fingerprint density at radius 2 is 1.78 bits per heavy atom. The first-order valence-corrected chi connectivity index (χ1v) is 10.8. The monoisotopic (exact) mass is 386 g/mol. The Morgan fingerprint density at radius 3 is 2.48 bits per heavy atom. The molecule has 1 unspecified atom stereocenters. The summed E-state index contributed by atoms with van der Waals surface area (Å²) in [4.78, 5) is 12.7. The minimum atomic E-state index is -3.59. The number of hydrogen-bond acceptors (Lipinski definition) is 3. The van der Waals surface area contributed by atoms with E-state index in [1.165, 1.54) is 4.31 Å². The Morgan fingerprint density at radius 1 is 1.07 bits per heavy atom. The molecule has 0 radical (unpaired) electrons. The predicted molar refractivity (Wildman–Crippen MR) is 106 cm³/mol. The van der Waals surface area contributed by atoms with Crippen molar-refractivity contribution in [3.63, 3.8) is 0 Å². The summed E-state index contributed by atoms with van der Waals surface area (Å²) in [5.41, 5.74) is 2.04. The van der Waals surface area contributed by atoms with Crippen LogP contribution in [0.2, 0.25) is 0 Å². The zero-order valence-electron chi connectivity index (χ0n) is 15.6. The SMILES string of the molecule is Cc1ccc(S(=O)(=O)N2CCCCC2CC(=O)NCc2ccccc2)cc1. The highest BCUT2D eigenvalue weighted by Crippen LogP contribution is 2.27. The van der Waals surface area contributed by atoms with Crippen LogP contribution in [0.1, 0.15) is 36.8 Å². The molecule has 1 saturated heterocycles. The predicted octanol–water partition coefficient (Wildman–Crippen LogP) is 3.24. The van der Waals surface area contributed by atoms with Crippen molar-refractivity contribution >= 4 is 15.9 Å². The molecule has 3 rings (SSSR count). The van der Waals surface area contributed by atoms with E-state index in [1.54, 1.807) is 24.3 Å². The van der Waals surface area contributed by atoms with Gasteiger partial charge in [0.05, 0.1) is 4.90 Å². The zero-order valence-corrected chi connectivity index (χ0v) is 16.4. The van der Waals surface area contributed by atoms with Crippen molar-refractivity contribution in [1.82, 2.24) is 9.62 Å². The largest absolute Gasteiger partial charge is 0.352 e. The summed E-state index contributed by atoms with van der Waals surface area (Å²) >= 11 is 0. The number of carbonyl (C=O) groups excluding carboxylic acids is 1. The molecule has 6 heteroatoms. The molecule has 5 nitrogen and oxygen atoms in total. The van der Waals surface area contributed by atoms with Gasteiger partial charge in [-0.3, -0.25) is 4.79 Å². The van der Waals surface area contributed by atoms with E-state index in [1.807, 2.05) is 37.3 Å². The molecule has 0 bridgehead atoms. The fraction of sp³-hybridized carbons (Fsp3) is 0.381. The van der Waals surface area contributed by atoms with Gasteiger partial charge >= 0.3 is 0 Å². The fourth-order valence-corrected chi connectivity index (χ4v) is 5.12. The summed E-state index contributed by atoms with van der Waals surface area (Å²) in [7, 11) is -3.59. The first kappa shape index (κ1) is 19.6. The van der Waals surface area contributed by atoms with Crippen LogP contribution in [0.3, 0.4) is 0 Å². The summed E-state index contributed by atoms with van der Waals surface area (Å²) in [5.74, 6) is -0.116. The lowest BCUT2D eigenvalue weighted by Gasteiger charge is -2.34. The standard InChI is InChI=1S/C21H26N2O3S/c1-17-10-12-20(13-11-17)27(25,26)23-14-6-5-9-19(23)15-21(24)22-16-18-7-3-2-4-8-18/h2-4,7-8,10-13,19H,5-6,9,14-16H2,1H3,(H,22,24). The highest BCUT2D eigenvalue weighted by atomic mass is 32.2. The molecule has 1 aliphatic heterocycles. The van der Waals surface area contributed by atoms with Gasteiger partial charge in [0.25, 0.3) is 0 Å². The van der Waals surface area contributed by atoms with Gasteiger partial charge in [0.1, 0.15) is 0 Å².